The average molecular weight is 452 g/mol. The normalized spacial score (nSPS) is 31.0. The van der Waals surface area contributed by atoms with Gasteiger partial charge in [0.25, 0.3) is 0 Å². The van der Waals surface area contributed by atoms with E-state index in [0.717, 1.165) is 37.8 Å². The number of nitrogens with zero attached hydrogens (tertiary/aromatic N) is 5. The molecular weight excluding hydrogens is 422 g/mol. The summed E-state index contributed by atoms with van der Waals surface area (Å²) in [6.07, 6.45) is 6.47. The van der Waals surface area contributed by atoms with Gasteiger partial charge in [0.1, 0.15) is 18.3 Å². The molecule has 1 unspecified atom stereocenters. The highest BCUT2D eigenvalue weighted by Crippen LogP contribution is 2.38. The molecule has 0 bridgehead atoms. The summed E-state index contributed by atoms with van der Waals surface area (Å²) >= 11 is 6.27. The molecule has 3 N–H and O–H groups in total. The number of aliphatic hydroxyl groups excluding tert-OH is 3. The fraction of sp³-hybridized carbons (Fsp3) is 0.762. The molecule has 1 saturated carbocycles. The van der Waals surface area contributed by atoms with Crippen molar-refractivity contribution in [3.8, 4) is 0 Å². The van der Waals surface area contributed by atoms with E-state index in [0.29, 0.717) is 17.0 Å². The molecule has 31 heavy (non-hydrogen) atoms. The van der Waals surface area contributed by atoms with Gasteiger partial charge in [0, 0.05) is 13.1 Å². The highest BCUT2D eigenvalue weighted by Gasteiger charge is 2.44. The van der Waals surface area contributed by atoms with Crippen LogP contribution < -0.4 is 4.90 Å². The molecule has 1 aliphatic carbocycles. The first-order valence-electron chi connectivity index (χ1n) is 11.3. The quantitative estimate of drug-likeness (QED) is 0.603. The zero-order chi connectivity index (χ0) is 21.5. The Balaban J connectivity index is 1.38. The van der Waals surface area contributed by atoms with Crippen molar-refractivity contribution in [2.75, 3.05) is 24.6 Å². The van der Waals surface area contributed by atoms with Crippen LogP contribution in [-0.4, -0.2) is 72.8 Å². The monoisotopic (exact) mass is 451 g/mol. The predicted octanol–water partition coefficient (Wildman–Crippen LogP) is 1.89. The van der Waals surface area contributed by atoms with Crippen molar-refractivity contribution < 1.29 is 20.1 Å². The Bertz CT molecular complexity index is 913. The molecule has 170 valence electrons. The molecule has 2 aliphatic heterocycles. The Hall–Kier alpha value is -1.52. The van der Waals surface area contributed by atoms with Crippen molar-refractivity contribution >= 4 is 28.6 Å². The van der Waals surface area contributed by atoms with Crippen molar-refractivity contribution in [1.29, 1.82) is 0 Å². The highest BCUT2D eigenvalue weighted by atomic mass is 35.5. The molecule has 9 nitrogen and oxygen atoms in total. The van der Waals surface area contributed by atoms with Crippen LogP contribution in [-0.2, 0) is 4.74 Å². The Kier molecular flexibility index (Phi) is 6.04. The number of anilines is 1. The van der Waals surface area contributed by atoms with Crippen LogP contribution >= 0.6 is 11.6 Å². The first-order valence-corrected chi connectivity index (χ1v) is 11.7. The number of ether oxygens (including phenoxy) is 1. The number of hydrogen-bond donors (Lipinski definition) is 3. The van der Waals surface area contributed by atoms with E-state index < -0.39 is 31.1 Å². The van der Waals surface area contributed by atoms with E-state index in [-0.39, 0.29) is 5.28 Å². The van der Waals surface area contributed by atoms with E-state index in [4.69, 9.17) is 16.3 Å². The van der Waals surface area contributed by atoms with Crippen molar-refractivity contribution in [3.05, 3.63) is 11.6 Å². The first kappa shape index (κ1) is 21.3. The van der Waals surface area contributed by atoms with Gasteiger partial charge in [-0.1, -0.05) is 32.1 Å². The zero-order valence-corrected chi connectivity index (χ0v) is 18.2. The van der Waals surface area contributed by atoms with E-state index >= 15 is 0 Å². The molecule has 2 saturated heterocycles. The van der Waals surface area contributed by atoms with Crippen molar-refractivity contribution in [2.24, 2.45) is 11.8 Å². The molecular formula is C21H30ClN5O4. The lowest BCUT2D eigenvalue weighted by Gasteiger charge is -2.38. The summed E-state index contributed by atoms with van der Waals surface area (Å²) in [5.74, 6) is 2.33. The van der Waals surface area contributed by atoms with Gasteiger partial charge in [-0.2, -0.15) is 9.97 Å². The Labute approximate surface area is 186 Å². The molecule has 5 rings (SSSR count). The van der Waals surface area contributed by atoms with E-state index in [2.05, 4.69) is 19.9 Å². The van der Waals surface area contributed by atoms with Gasteiger partial charge in [-0.3, -0.25) is 4.57 Å². The van der Waals surface area contributed by atoms with Crippen LogP contribution in [0.5, 0.6) is 0 Å². The second-order valence-electron chi connectivity index (χ2n) is 9.09. The van der Waals surface area contributed by atoms with E-state index in [1.54, 1.807) is 4.57 Å². The fourth-order valence-corrected chi connectivity index (χ4v) is 5.74. The van der Waals surface area contributed by atoms with Gasteiger partial charge < -0.3 is 25.0 Å². The van der Waals surface area contributed by atoms with E-state index in [1.165, 1.54) is 38.4 Å². The third-order valence-corrected chi connectivity index (χ3v) is 7.49. The summed E-state index contributed by atoms with van der Waals surface area (Å²) in [4.78, 5) is 15.5. The lowest BCUT2D eigenvalue weighted by atomic mass is 9.76. The summed E-state index contributed by atoms with van der Waals surface area (Å²) in [6, 6.07) is 0. The lowest BCUT2D eigenvalue weighted by molar-refractivity contribution is -0.0511. The summed E-state index contributed by atoms with van der Waals surface area (Å²) in [6.45, 7) is 1.42. The van der Waals surface area contributed by atoms with Crippen molar-refractivity contribution in [2.45, 2.75) is 69.5 Å². The van der Waals surface area contributed by atoms with E-state index in [9.17, 15) is 15.3 Å². The van der Waals surface area contributed by atoms with Gasteiger partial charge in [-0.05, 0) is 36.3 Å². The number of rotatable bonds is 4. The Morgan fingerprint density at radius 3 is 2.39 bits per heavy atom. The second-order valence-corrected chi connectivity index (χ2v) is 9.43. The maximum atomic E-state index is 10.4. The average Bonchev–Trinajstić information content (AvgIpc) is 3.34. The molecule has 2 aromatic rings. The van der Waals surface area contributed by atoms with Crippen LogP contribution in [0.3, 0.4) is 0 Å². The number of imidazole rings is 1. The molecule has 4 atom stereocenters. The third kappa shape index (κ3) is 3.91. The molecule has 10 heteroatoms. The number of piperidine rings is 1. The fourth-order valence-electron chi connectivity index (χ4n) is 5.58. The standard InChI is InChI=1S/C21H30ClN5O4/c22-21-24-18(26-8-6-13(7-9-26)12-4-2-1-3-5-12)15-19(25-21)27(11-23-15)20-17(30)16(29)14(10-28)31-20/h11-14,16-17,20,28-30H,1-10H2/t14-,16+,17?,20-/m1/s1. The smallest absolute Gasteiger partial charge is 0.226 e. The third-order valence-electron chi connectivity index (χ3n) is 7.32. The van der Waals surface area contributed by atoms with Crippen LogP contribution in [0.2, 0.25) is 5.28 Å². The molecule has 0 aromatic carbocycles. The SMILES string of the molecule is OC[C@H]1O[C@@H](n2cnc3c(N4CCC(C5CCCCC5)CC4)nc(Cl)nc32)C(O)[C@H]1O. The number of aromatic nitrogens is 4. The topological polar surface area (TPSA) is 117 Å². The van der Waals surface area contributed by atoms with Crippen LogP contribution in [0.25, 0.3) is 11.2 Å². The number of fused-ring (bicyclic) bond motifs is 1. The first-order chi connectivity index (χ1) is 15.1. The molecule has 2 aromatic heterocycles. The zero-order valence-electron chi connectivity index (χ0n) is 17.5. The Morgan fingerprint density at radius 1 is 1.00 bits per heavy atom. The second kappa shape index (κ2) is 8.78. The molecule has 0 spiro atoms. The summed E-state index contributed by atoms with van der Waals surface area (Å²) in [5.41, 5.74) is 1.04. The van der Waals surface area contributed by atoms with Gasteiger partial charge >= 0.3 is 0 Å². The number of hydrogen-bond acceptors (Lipinski definition) is 8. The van der Waals surface area contributed by atoms with Gasteiger partial charge in [-0.15, -0.1) is 0 Å². The molecule has 4 heterocycles. The summed E-state index contributed by atoms with van der Waals surface area (Å²) in [7, 11) is 0. The summed E-state index contributed by atoms with van der Waals surface area (Å²) in [5, 5.41) is 30.0. The number of halogens is 1. The Morgan fingerprint density at radius 2 is 1.71 bits per heavy atom. The maximum absolute atomic E-state index is 10.4. The molecule has 0 amide bonds. The van der Waals surface area contributed by atoms with Crippen molar-refractivity contribution in [3.63, 3.8) is 0 Å². The summed E-state index contributed by atoms with van der Waals surface area (Å²) < 4.78 is 7.21. The number of aliphatic hydroxyl groups is 3. The lowest BCUT2D eigenvalue weighted by Crippen LogP contribution is -2.37. The van der Waals surface area contributed by atoms with Gasteiger partial charge in [0.2, 0.25) is 5.28 Å². The molecule has 3 aliphatic rings. The van der Waals surface area contributed by atoms with E-state index in [1.807, 2.05) is 0 Å². The predicted molar refractivity (Wildman–Crippen MR) is 115 cm³/mol. The molecule has 0 radical (unpaired) electrons. The minimum atomic E-state index is -1.21. The van der Waals surface area contributed by atoms with Gasteiger partial charge in [-0.25, -0.2) is 4.98 Å². The van der Waals surface area contributed by atoms with Crippen LogP contribution in [0, 0.1) is 11.8 Å². The molecule has 3 fully saturated rings. The van der Waals surface area contributed by atoms with Crippen LogP contribution in [0.4, 0.5) is 5.82 Å². The maximum Gasteiger partial charge on any atom is 0.226 e. The minimum absolute atomic E-state index is 0.102. The van der Waals surface area contributed by atoms with Gasteiger partial charge in [0.15, 0.2) is 23.2 Å². The van der Waals surface area contributed by atoms with Crippen LogP contribution in [0.15, 0.2) is 6.33 Å². The minimum Gasteiger partial charge on any atom is -0.394 e. The van der Waals surface area contributed by atoms with Crippen LogP contribution in [0.1, 0.15) is 51.2 Å². The highest BCUT2D eigenvalue weighted by molar-refractivity contribution is 6.28. The van der Waals surface area contributed by atoms with Gasteiger partial charge in [0.05, 0.1) is 12.9 Å². The van der Waals surface area contributed by atoms with Crippen molar-refractivity contribution in [1.82, 2.24) is 19.5 Å². The largest absolute Gasteiger partial charge is 0.394 e.